The van der Waals surface area contributed by atoms with Crippen molar-refractivity contribution in [3.8, 4) is 0 Å². The minimum Gasteiger partial charge on any atom is -0.466 e. The lowest BCUT2D eigenvalue weighted by Gasteiger charge is -2.31. The van der Waals surface area contributed by atoms with Crippen LogP contribution >= 0.6 is 0 Å². The van der Waals surface area contributed by atoms with Crippen molar-refractivity contribution in [2.45, 2.75) is 47.5 Å². The normalized spacial score (nSPS) is 35.7. The van der Waals surface area contributed by atoms with Crippen LogP contribution in [0.2, 0.25) is 0 Å². The van der Waals surface area contributed by atoms with Gasteiger partial charge in [-0.05, 0) is 43.6 Å². The Morgan fingerprint density at radius 2 is 2.11 bits per heavy atom. The quantitative estimate of drug-likeness (QED) is 0.581. The van der Waals surface area contributed by atoms with E-state index in [-0.39, 0.29) is 28.5 Å². The first-order chi connectivity index (χ1) is 8.75. The van der Waals surface area contributed by atoms with Gasteiger partial charge in [-0.15, -0.1) is 0 Å². The van der Waals surface area contributed by atoms with Gasteiger partial charge in [0.1, 0.15) is 0 Å². The van der Waals surface area contributed by atoms with Crippen molar-refractivity contribution in [1.82, 2.24) is 0 Å². The first-order valence-corrected chi connectivity index (χ1v) is 7.19. The van der Waals surface area contributed by atoms with Crippen LogP contribution in [0.25, 0.3) is 0 Å². The topological polar surface area (TPSA) is 43.4 Å². The van der Waals surface area contributed by atoms with Crippen molar-refractivity contribution < 1.29 is 14.3 Å². The molecule has 0 spiro atoms. The van der Waals surface area contributed by atoms with Gasteiger partial charge in [0.05, 0.1) is 12.5 Å². The molecule has 2 saturated carbocycles. The van der Waals surface area contributed by atoms with Gasteiger partial charge in [0.2, 0.25) is 0 Å². The van der Waals surface area contributed by atoms with Crippen molar-refractivity contribution in [1.29, 1.82) is 0 Å². The van der Waals surface area contributed by atoms with Crippen LogP contribution in [0, 0.1) is 22.7 Å². The largest absolute Gasteiger partial charge is 0.466 e. The average Bonchev–Trinajstić information content (AvgIpc) is 2.64. The third-order valence-electron chi connectivity index (χ3n) is 5.45. The summed E-state index contributed by atoms with van der Waals surface area (Å²) in [6.45, 7) is 10.4. The number of Topliss-reactive ketones (excluding diaryl/α,β-unsaturated/α-hetero) is 1. The molecule has 3 heteroatoms. The molecule has 2 bridgehead atoms. The summed E-state index contributed by atoms with van der Waals surface area (Å²) in [4.78, 5) is 24.3. The predicted molar refractivity (Wildman–Crippen MR) is 73.5 cm³/mol. The molecule has 0 aromatic heterocycles. The third-order valence-corrected chi connectivity index (χ3v) is 5.45. The van der Waals surface area contributed by atoms with E-state index in [1.807, 2.05) is 6.08 Å². The zero-order valence-corrected chi connectivity index (χ0v) is 12.6. The number of ketones is 1. The summed E-state index contributed by atoms with van der Waals surface area (Å²) < 4.78 is 5.01. The first kappa shape index (κ1) is 14.3. The highest BCUT2D eigenvalue weighted by molar-refractivity contribution is 6.05. The fourth-order valence-electron chi connectivity index (χ4n) is 3.73. The van der Waals surface area contributed by atoms with Crippen molar-refractivity contribution in [3.63, 3.8) is 0 Å². The van der Waals surface area contributed by atoms with Crippen molar-refractivity contribution in [2.24, 2.45) is 22.7 Å². The number of carbonyl (C=O) groups excluding carboxylic acids is 2. The molecule has 0 amide bonds. The number of fused-ring (bicyclic) bond motifs is 2. The number of carbonyl (C=O) groups is 2. The van der Waals surface area contributed by atoms with Crippen LogP contribution in [-0.2, 0) is 14.3 Å². The number of rotatable bonds is 3. The fraction of sp³-hybridized carbons (Fsp3) is 0.750. The molecule has 106 valence electrons. The summed E-state index contributed by atoms with van der Waals surface area (Å²) in [6.07, 6.45) is 3.86. The highest BCUT2D eigenvalue weighted by Gasteiger charge is 2.63. The molecule has 0 unspecified atom stereocenters. The van der Waals surface area contributed by atoms with Gasteiger partial charge < -0.3 is 4.74 Å². The van der Waals surface area contributed by atoms with Crippen molar-refractivity contribution in [2.75, 3.05) is 6.61 Å². The van der Waals surface area contributed by atoms with Gasteiger partial charge in [0, 0.05) is 5.41 Å². The monoisotopic (exact) mass is 264 g/mol. The van der Waals surface area contributed by atoms with E-state index in [0.29, 0.717) is 12.5 Å². The lowest BCUT2D eigenvalue weighted by atomic mass is 9.70. The van der Waals surface area contributed by atoms with Crippen LogP contribution in [0.3, 0.4) is 0 Å². The summed E-state index contributed by atoms with van der Waals surface area (Å²) in [5.41, 5.74) is 0.613. The van der Waals surface area contributed by atoms with E-state index in [1.165, 1.54) is 0 Å². The Labute approximate surface area is 115 Å². The number of hydrogen-bond donors (Lipinski definition) is 0. The molecule has 2 fully saturated rings. The fourth-order valence-corrected chi connectivity index (χ4v) is 3.73. The van der Waals surface area contributed by atoms with Gasteiger partial charge in [-0.3, -0.25) is 9.59 Å². The van der Waals surface area contributed by atoms with E-state index in [4.69, 9.17) is 4.74 Å². The van der Waals surface area contributed by atoms with Gasteiger partial charge >= 0.3 is 5.97 Å². The highest BCUT2D eigenvalue weighted by Crippen LogP contribution is 2.65. The van der Waals surface area contributed by atoms with Gasteiger partial charge in [0.15, 0.2) is 5.78 Å². The Balaban J connectivity index is 2.28. The number of hydrogen-bond acceptors (Lipinski definition) is 3. The van der Waals surface area contributed by atoms with E-state index < -0.39 is 0 Å². The summed E-state index contributed by atoms with van der Waals surface area (Å²) in [6, 6.07) is 0. The maximum absolute atomic E-state index is 12.6. The molecular formula is C16H24O3. The lowest BCUT2D eigenvalue weighted by Crippen LogP contribution is -2.32. The Kier molecular flexibility index (Phi) is 3.36. The Morgan fingerprint density at radius 3 is 2.58 bits per heavy atom. The minimum absolute atomic E-state index is 0.00426. The van der Waals surface area contributed by atoms with Crippen LogP contribution in [0.15, 0.2) is 11.6 Å². The minimum atomic E-state index is -0.336. The lowest BCUT2D eigenvalue weighted by molar-refractivity contribution is -0.145. The zero-order valence-electron chi connectivity index (χ0n) is 12.6. The molecule has 19 heavy (non-hydrogen) atoms. The molecule has 2 aliphatic carbocycles. The second-order valence-electron chi connectivity index (χ2n) is 6.64. The SMILES string of the molecule is CCOC(=O)[C@@H](C)/C=C1\C(=O)[C@]2(C)CC[C@@H]1C2(C)C. The maximum Gasteiger partial charge on any atom is 0.312 e. The first-order valence-electron chi connectivity index (χ1n) is 7.19. The zero-order chi connectivity index (χ0) is 14.4. The smallest absolute Gasteiger partial charge is 0.312 e. The summed E-state index contributed by atoms with van der Waals surface area (Å²) >= 11 is 0. The molecule has 3 nitrogen and oxygen atoms in total. The molecule has 0 saturated heterocycles. The van der Waals surface area contributed by atoms with Gasteiger partial charge in [-0.25, -0.2) is 0 Å². The Bertz CT molecular complexity index is 447. The third kappa shape index (κ3) is 1.86. The van der Waals surface area contributed by atoms with Gasteiger partial charge in [-0.2, -0.15) is 0 Å². The van der Waals surface area contributed by atoms with Crippen molar-refractivity contribution >= 4 is 11.8 Å². The van der Waals surface area contributed by atoms with Gasteiger partial charge in [-0.1, -0.05) is 26.8 Å². The van der Waals surface area contributed by atoms with E-state index >= 15 is 0 Å². The second-order valence-corrected chi connectivity index (χ2v) is 6.64. The molecule has 0 aromatic carbocycles. The molecular weight excluding hydrogens is 240 g/mol. The molecule has 0 aliphatic heterocycles. The maximum atomic E-state index is 12.6. The molecule has 0 radical (unpaired) electrons. The van der Waals surface area contributed by atoms with Crippen LogP contribution in [0.5, 0.6) is 0 Å². The van der Waals surface area contributed by atoms with E-state index in [2.05, 4.69) is 20.8 Å². The van der Waals surface area contributed by atoms with Gasteiger partial charge in [0.25, 0.3) is 0 Å². The summed E-state index contributed by atoms with van der Waals surface area (Å²) in [5.74, 6) is -0.0436. The Hall–Kier alpha value is -1.12. The van der Waals surface area contributed by atoms with Crippen LogP contribution in [-0.4, -0.2) is 18.4 Å². The molecule has 0 aromatic rings. The predicted octanol–water partition coefficient (Wildman–Crippen LogP) is 3.14. The number of ether oxygens (including phenoxy) is 1. The molecule has 0 N–H and O–H groups in total. The second kappa shape index (κ2) is 4.46. The van der Waals surface area contributed by atoms with Crippen LogP contribution in [0.1, 0.15) is 47.5 Å². The standard InChI is InChI=1S/C16H24O3/c1-6-19-14(18)10(2)9-11-12-7-8-16(5,13(11)17)15(12,3)4/h9-10,12H,6-8H2,1-5H3/b11-9-/t10-,12-,16-/m0/s1. The van der Waals surface area contributed by atoms with E-state index in [0.717, 1.165) is 18.4 Å². The van der Waals surface area contributed by atoms with Crippen LogP contribution < -0.4 is 0 Å². The van der Waals surface area contributed by atoms with Crippen LogP contribution in [0.4, 0.5) is 0 Å². The highest BCUT2D eigenvalue weighted by atomic mass is 16.5. The molecule has 3 atom stereocenters. The van der Waals surface area contributed by atoms with Crippen molar-refractivity contribution in [3.05, 3.63) is 11.6 Å². The number of esters is 1. The van der Waals surface area contributed by atoms with E-state index in [9.17, 15) is 9.59 Å². The number of allylic oxidation sites excluding steroid dienone is 1. The average molecular weight is 264 g/mol. The summed E-state index contributed by atoms with van der Waals surface area (Å²) in [5, 5.41) is 0. The molecule has 0 heterocycles. The Morgan fingerprint density at radius 1 is 1.47 bits per heavy atom. The molecule has 2 rings (SSSR count). The summed E-state index contributed by atoms with van der Waals surface area (Å²) in [7, 11) is 0. The van der Waals surface area contributed by atoms with E-state index in [1.54, 1.807) is 13.8 Å². The molecule has 2 aliphatic rings.